The van der Waals surface area contributed by atoms with Crippen molar-refractivity contribution in [3.63, 3.8) is 0 Å². The van der Waals surface area contributed by atoms with Gasteiger partial charge in [-0.1, -0.05) is 17.7 Å². The molecule has 0 saturated carbocycles. The number of hydrogen-bond acceptors (Lipinski definition) is 3. The first-order valence-corrected chi connectivity index (χ1v) is 6.17. The van der Waals surface area contributed by atoms with Gasteiger partial charge in [0.2, 0.25) is 0 Å². The Bertz CT molecular complexity index is 380. The molecule has 2 rings (SSSR count). The van der Waals surface area contributed by atoms with Crippen LogP contribution in [-0.2, 0) is 4.74 Å². The maximum Gasteiger partial charge on any atom is 0.137 e. The van der Waals surface area contributed by atoms with E-state index in [4.69, 9.17) is 9.84 Å². The van der Waals surface area contributed by atoms with Gasteiger partial charge in [-0.25, -0.2) is 0 Å². The van der Waals surface area contributed by atoms with Crippen molar-refractivity contribution in [1.82, 2.24) is 4.90 Å². The van der Waals surface area contributed by atoms with Crippen molar-refractivity contribution in [2.24, 2.45) is 0 Å². The Morgan fingerprint density at radius 2 is 1.94 bits per heavy atom. The topological polar surface area (TPSA) is 32.7 Å². The van der Waals surface area contributed by atoms with Crippen LogP contribution >= 0.6 is 0 Å². The summed E-state index contributed by atoms with van der Waals surface area (Å²) in [6, 6.07) is 4.39. The monoisotopic (exact) mass is 235 g/mol. The van der Waals surface area contributed by atoms with Crippen molar-refractivity contribution in [1.29, 1.82) is 0 Å². The third-order valence-corrected chi connectivity index (χ3v) is 3.36. The molecule has 1 unspecified atom stereocenters. The molecule has 0 aromatic heterocycles. The maximum atomic E-state index is 9.08. The molecular formula is C14H21NO2. The molecule has 0 aliphatic carbocycles. The molecule has 0 bridgehead atoms. The number of aliphatic hydroxyl groups is 1. The van der Waals surface area contributed by atoms with Gasteiger partial charge >= 0.3 is 0 Å². The molecule has 1 N–H and O–H groups in total. The molecule has 1 fully saturated rings. The number of rotatable bonds is 3. The van der Waals surface area contributed by atoms with Crippen LogP contribution in [0.1, 0.15) is 28.5 Å². The van der Waals surface area contributed by atoms with Gasteiger partial charge in [-0.2, -0.15) is 0 Å². The van der Waals surface area contributed by atoms with Crippen molar-refractivity contribution in [2.45, 2.75) is 27.0 Å². The molecule has 3 heteroatoms. The van der Waals surface area contributed by atoms with Gasteiger partial charge in [0.1, 0.15) is 6.23 Å². The van der Waals surface area contributed by atoms with E-state index in [-0.39, 0.29) is 12.8 Å². The summed E-state index contributed by atoms with van der Waals surface area (Å²) in [4.78, 5) is 2.20. The fraction of sp³-hybridized carbons (Fsp3) is 0.571. The van der Waals surface area contributed by atoms with E-state index in [1.54, 1.807) is 0 Å². The lowest BCUT2D eigenvalue weighted by molar-refractivity contribution is 0.0243. The number of aliphatic hydroxyl groups excluding tert-OH is 1. The summed E-state index contributed by atoms with van der Waals surface area (Å²) in [7, 11) is 0. The molecule has 94 valence electrons. The van der Waals surface area contributed by atoms with Gasteiger partial charge in [0.05, 0.1) is 13.2 Å². The molecule has 3 nitrogen and oxygen atoms in total. The normalized spacial score (nSPS) is 21.1. The Morgan fingerprint density at radius 3 is 2.53 bits per heavy atom. The lowest BCUT2D eigenvalue weighted by Gasteiger charge is -2.25. The van der Waals surface area contributed by atoms with Crippen molar-refractivity contribution < 1.29 is 9.84 Å². The number of benzene rings is 1. The molecule has 1 heterocycles. The lowest BCUT2D eigenvalue weighted by Crippen LogP contribution is -2.28. The number of aryl methyl sites for hydroxylation is 3. The summed E-state index contributed by atoms with van der Waals surface area (Å²) >= 11 is 0. The number of β-amino-alcohol motifs (C(OH)–C–C–N with tert-alkyl or cyclic N) is 1. The molecular weight excluding hydrogens is 214 g/mol. The summed E-state index contributed by atoms with van der Waals surface area (Å²) in [5.74, 6) is 0. The zero-order chi connectivity index (χ0) is 12.4. The second-order valence-corrected chi connectivity index (χ2v) is 4.80. The number of nitrogens with zero attached hydrogens (tertiary/aromatic N) is 1. The first kappa shape index (κ1) is 12.6. The van der Waals surface area contributed by atoms with Crippen LogP contribution in [-0.4, -0.2) is 36.3 Å². The zero-order valence-corrected chi connectivity index (χ0v) is 10.9. The van der Waals surface area contributed by atoms with Gasteiger partial charge in [-0.05, 0) is 31.9 Å². The summed E-state index contributed by atoms with van der Waals surface area (Å²) in [5.41, 5.74) is 5.10. The van der Waals surface area contributed by atoms with Crippen LogP contribution in [0.4, 0.5) is 0 Å². The minimum atomic E-state index is 0.0164. The second-order valence-electron chi connectivity index (χ2n) is 4.80. The second kappa shape index (κ2) is 5.17. The van der Waals surface area contributed by atoms with E-state index < -0.39 is 0 Å². The van der Waals surface area contributed by atoms with Crippen LogP contribution in [0.15, 0.2) is 12.1 Å². The minimum Gasteiger partial charge on any atom is -0.395 e. The van der Waals surface area contributed by atoms with Crippen LogP contribution < -0.4 is 0 Å². The summed E-state index contributed by atoms with van der Waals surface area (Å²) in [5, 5.41) is 9.08. The Balaban J connectivity index is 2.33. The average molecular weight is 235 g/mol. The fourth-order valence-corrected chi connectivity index (χ4v) is 2.71. The van der Waals surface area contributed by atoms with Crippen molar-refractivity contribution in [2.75, 3.05) is 26.3 Å². The zero-order valence-electron chi connectivity index (χ0n) is 10.9. The van der Waals surface area contributed by atoms with E-state index in [1.165, 1.54) is 22.3 Å². The maximum absolute atomic E-state index is 9.08. The predicted octanol–water partition coefficient (Wildman–Crippen LogP) is 1.93. The molecule has 0 spiro atoms. The molecule has 1 aromatic rings. The van der Waals surface area contributed by atoms with Gasteiger partial charge in [0, 0.05) is 18.7 Å². The summed E-state index contributed by atoms with van der Waals surface area (Å²) in [6.07, 6.45) is 0.0164. The highest BCUT2D eigenvalue weighted by molar-refractivity contribution is 5.39. The third kappa shape index (κ3) is 2.51. The molecule has 0 radical (unpaired) electrons. The van der Waals surface area contributed by atoms with Crippen LogP contribution in [0.25, 0.3) is 0 Å². The molecule has 1 aliphatic rings. The van der Waals surface area contributed by atoms with Gasteiger partial charge in [-0.15, -0.1) is 0 Å². The van der Waals surface area contributed by atoms with Crippen molar-refractivity contribution in [3.05, 3.63) is 34.4 Å². The average Bonchev–Trinajstić information content (AvgIpc) is 2.65. The van der Waals surface area contributed by atoms with Gasteiger partial charge < -0.3 is 9.84 Å². The molecule has 1 saturated heterocycles. The van der Waals surface area contributed by atoms with E-state index in [9.17, 15) is 0 Å². The Hall–Kier alpha value is -0.900. The minimum absolute atomic E-state index is 0.0164. The van der Waals surface area contributed by atoms with Crippen LogP contribution in [0.3, 0.4) is 0 Å². The largest absolute Gasteiger partial charge is 0.395 e. The SMILES string of the molecule is Cc1cc(C)c(C2OCCN2CCO)c(C)c1. The highest BCUT2D eigenvalue weighted by atomic mass is 16.5. The quantitative estimate of drug-likeness (QED) is 0.869. The predicted molar refractivity (Wildman–Crippen MR) is 68.0 cm³/mol. The Kier molecular flexibility index (Phi) is 3.82. The Morgan fingerprint density at radius 1 is 1.29 bits per heavy atom. The molecule has 1 aliphatic heterocycles. The smallest absolute Gasteiger partial charge is 0.137 e. The lowest BCUT2D eigenvalue weighted by atomic mass is 9.98. The highest BCUT2D eigenvalue weighted by Gasteiger charge is 2.28. The van der Waals surface area contributed by atoms with Crippen molar-refractivity contribution >= 4 is 0 Å². The molecule has 17 heavy (non-hydrogen) atoms. The van der Waals surface area contributed by atoms with Crippen LogP contribution in [0, 0.1) is 20.8 Å². The fourth-order valence-electron chi connectivity index (χ4n) is 2.71. The summed E-state index contributed by atoms with van der Waals surface area (Å²) in [6.45, 7) is 8.89. The number of hydrogen-bond donors (Lipinski definition) is 1. The van der Waals surface area contributed by atoms with Crippen LogP contribution in [0.2, 0.25) is 0 Å². The molecule has 0 amide bonds. The van der Waals surface area contributed by atoms with Gasteiger partial charge in [-0.3, -0.25) is 4.90 Å². The first-order chi connectivity index (χ1) is 8.13. The van der Waals surface area contributed by atoms with Crippen LogP contribution in [0.5, 0.6) is 0 Å². The van der Waals surface area contributed by atoms with E-state index >= 15 is 0 Å². The van der Waals surface area contributed by atoms with Gasteiger partial charge in [0.25, 0.3) is 0 Å². The standard InChI is InChI=1S/C14H21NO2/c1-10-8-11(2)13(12(3)9-10)14-15(4-6-16)5-7-17-14/h8-9,14,16H,4-7H2,1-3H3. The van der Waals surface area contributed by atoms with E-state index in [0.717, 1.165) is 13.2 Å². The van der Waals surface area contributed by atoms with E-state index in [1.807, 2.05) is 0 Å². The molecule has 1 atom stereocenters. The summed E-state index contributed by atoms with van der Waals surface area (Å²) < 4.78 is 5.82. The van der Waals surface area contributed by atoms with Crippen molar-refractivity contribution in [3.8, 4) is 0 Å². The molecule has 1 aromatic carbocycles. The third-order valence-electron chi connectivity index (χ3n) is 3.36. The Labute approximate surface area is 103 Å². The first-order valence-electron chi connectivity index (χ1n) is 6.17. The van der Waals surface area contributed by atoms with Gasteiger partial charge in [0.15, 0.2) is 0 Å². The van der Waals surface area contributed by atoms with E-state index in [2.05, 4.69) is 37.8 Å². The highest BCUT2D eigenvalue weighted by Crippen LogP contribution is 2.31. The number of ether oxygens (including phenoxy) is 1. The van der Waals surface area contributed by atoms with E-state index in [0.29, 0.717) is 6.54 Å².